The maximum atomic E-state index is 11.1. The summed E-state index contributed by atoms with van der Waals surface area (Å²) >= 11 is 1.61. The molecular weight excluding hydrogens is 398 g/mol. The van der Waals surface area contributed by atoms with Crippen molar-refractivity contribution in [2.24, 2.45) is 0 Å². The fraction of sp³-hybridized carbons (Fsp3) is 0.261. The molecular formula is C23H25N3O3S. The van der Waals surface area contributed by atoms with Gasteiger partial charge < -0.3 is 4.74 Å². The summed E-state index contributed by atoms with van der Waals surface area (Å²) in [5, 5.41) is 9.26. The number of rotatable bonds is 10. The summed E-state index contributed by atoms with van der Waals surface area (Å²) < 4.78 is 5.25. The van der Waals surface area contributed by atoms with Crippen molar-refractivity contribution < 1.29 is 14.7 Å². The van der Waals surface area contributed by atoms with Crippen molar-refractivity contribution in [3.05, 3.63) is 60.7 Å². The molecule has 0 spiro atoms. The normalized spacial score (nSPS) is 10.6. The van der Waals surface area contributed by atoms with Crippen LogP contribution < -0.4 is 10.2 Å². The predicted molar refractivity (Wildman–Crippen MR) is 119 cm³/mol. The lowest BCUT2D eigenvalue weighted by atomic mass is 10.1. The average molecular weight is 424 g/mol. The number of nitrogens with zero attached hydrogens (tertiary/aromatic N) is 2. The quantitative estimate of drug-likeness (QED) is 0.157. The number of carbonyl (C=O) groups excluding carboxylic acids is 1. The Bertz CT molecular complexity index is 950. The summed E-state index contributed by atoms with van der Waals surface area (Å²) in [5.74, 6) is 1.33. The summed E-state index contributed by atoms with van der Waals surface area (Å²) in [6.07, 6.45) is 2.93. The highest BCUT2D eigenvalue weighted by Gasteiger charge is 2.10. The molecule has 0 saturated carbocycles. The van der Waals surface area contributed by atoms with E-state index in [0.29, 0.717) is 6.42 Å². The highest BCUT2D eigenvalue weighted by Crippen LogP contribution is 2.28. The van der Waals surface area contributed by atoms with Crippen LogP contribution in [0.25, 0.3) is 22.5 Å². The standard InChI is InChI=1S/C23H25N3O3S/c1-29-19-13-11-18(12-14-19)21-16-20(17-8-4-2-5-9-17)24-23(25-21)30-15-7-3-6-10-22(27)26-28/h2,4-5,8-9,11-14,16,28H,3,6-7,10,15H2,1H3,(H,26,27). The zero-order valence-corrected chi connectivity index (χ0v) is 17.7. The molecule has 0 unspecified atom stereocenters. The Morgan fingerprint density at radius 3 is 2.27 bits per heavy atom. The number of aromatic nitrogens is 2. The van der Waals surface area contributed by atoms with Crippen molar-refractivity contribution in [3.63, 3.8) is 0 Å². The van der Waals surface area contributed by atoms with E-state index in [1.165, 1.54) is 0 Å². The largest absolute Gasteiger partial charge is 0.497 e. The van der Waals surface area contributed by atoms with Crippen LogP contribution in [0, 0.1) is 0 Å². The number of hydroxylamine groups is 1. The van der Waals surface area contributed by atoms with E-state index in [1.54, 1.807) is 24.4 Å². The molecule has 1 aromatic heterocycles. The van der Waals surface area contributed by atoms with Gasteiger partial charge in [-0.3, -0.25) is 10.0 Å². The molecule has 1 heterocycles. The van der Waals surface area contributed by atoms with Gasteiger partial charge in [-0.15, -0.1) is 0 Å². The van der Waals surface area contributed by atoms with Gasteiger partial charge in [-0.2, -0.15) is 0 Å². The van der Waals surface area contributed by atoms with E-state index in [-0.39, 0.29) is 5.91 Å². The van der Waals surface area contributed by atoms with Gasteiger partial charge in [0.1, 0.15) is 5.75 Å². The lowest BCUT2D eigenvalue weighted by Crippen LogP contribution is -2.17. The Morgan fingerprint density at radius 1 is 0.967 bits per heavy atom. The van der Waals surface area contributed by atoms with Gasteiger partial charge in [0.25, 0.3) is 0 Å². The lowest BCUT2D eigenvalue weighted by Gasteiger charge is -2.09. The molecule has 3 aromatic rings. The van der Waals surface area contributed by atoms with Gasteiger partial charge in [0, 0.05) is 23.3 Å². The second-order valence-electron chi connectivity index (χ2n) is 6.71. The smallest absolute Gasteiger partial charge is 0.243 e. The van der Waals surface area contributed by atoms with E-state index in [4.69, 9.17) is 19.9 Å². The lowest BCUT2D eigenvalue weighted by molar-refractivity contribution is -0.129. The zero-order valence-electron chi connectivity index (χ0n) is 16.9. The molecule has 0 bridgehead atoms. The van der Waals surface area contributed by atoms with E-state index in [2.05, 4.69) is 0 Å². The third-order valence-electron chi connectivity index (χ3n) is 4.57. The van der Waals surface area contributed by atoms with Crippen LogP contribution in [0.3, 0.4) is 0 Å². The van der Waals surface area contributed by atoms with E-state index < -0.39 is 0 Å². The fourth-order valence-corrected chi connectivity index (χ4v) is 3.80. The number of nitrogens with one attached hydrogen (secondary N) is 1. The van der Waals surface area contributed by atoms with E-state index in [0.717, 1.165) is 58.4 Å². The molecule has 6 nitrogen and oxygen atoms in total. The molecule has 0 aliphatic heterocycles. The second-order valence-corrected chi connectivity index (χ2v) is 7.77. The van der Waals surface area contributed by atoms with Crippen LogP contribution in [-0.4, -0.2) is 33.9 Å². The second kappa shape index (κ2) is 11.3. The average Bonchev–Trinajstić information content (AvgIpc) is 2.81. The molecule has 7 heteroatoms. The molecule has 2 N–H and O–H groups in total. The van der Waals surface area contributed by atoms with Crippen LogP contribution in [0.5, 0.6) is 5.75 Å². The minimum Gasteiger partial charge on any atom is -0.497 e. The topological polar surface area (TPSA) is 84.3 Å². The Morgan fingerprint density at radius 2 is 1.63 bits per heavy atom. The van der Waals surface area contributed by atoms with Crippen molar-refractivity contribution in [1.82, 2.24) is 15.4 Å². The summed E-state index contributed by atoms with van der Waals surface area (Å²) in [6, 6.07) is 19.9. The number of hydrogen-bond acceptors (Lipinski definition) is 6. The SMILES string of the molecule is COc1ccc(-c2cc(-c3ccccc3)nc(SCCCCCC(=O)NO)n2)cc1. The van der Waals surface area contributed by atoms with Gasteiger partial charge in [0.15, 0.2) is 5.16 Å². The highest BCUT2D eigenvalue weighted by molar-refractivity contribution is 7.99. The molecule has 2 aromatic carbocycles. The van der Waals surface area contributed by atoms with Crippen LogP contribution in [0.15, 0.2) is 65.8 Å². The first-order chi connectivity index (χ1) is 14.7. The first-order valence-electron chi connectivity index (χ1n) is 9.84. The summed E-state index contributed by atoms with van der Waals surface area (Å²) in [4.78, 5) is 20.6. The summed E-state index contributed by atoms with van der Waals surface area (Å²) in [5.41, 5.74) is 5.47. The number of benzene rings is 2. The molecule has 0 aliphatic carbocycles. The zero-order chi connectivity index (χ0) is 21.2. The van der Waals surface area contributed by atoms with Crippen molar-refractivity contribution in [1.29, 1.82) is 0 Å². The molecule has 30 heavy (non-hydrogen) atoms. The van der Waals surface area contributed by atoms with Gasteiger partial charge in [-0.05, 0) is 43.2 Å². The van der Waals surface area contributed by atoms with Crippen LogP contribution in [-0.2, 0) is 4.79 Å². The Kier molecular flexibility index (Phi) is 8.23. The molecule has 156 valence electrons. The predicted octanol–water partition coefficient (Wildman–Crippen LogP) is 4.98. The Labute approximate surface area is 180 Å². The van der Waals surface area contributed by atoms with Crippen LogP contribution in [0.4, 0.5) is 0 Å². The molecule has 1 amide bonds. The molecule has 0 aliphatic rings. The summed E-state index contributed by atoms with van der Waals surface area (Å²) in [6.45, 7) is 0. The number of methoxy groups -OCH3 is 1. The van der Waals surface area contributed by atoms with Gasteiger partial charge in [0.05, 0.1) is 18.5 Å². The minimum atomic E-state index is -0.342. The number of unbranched alkanes of at least 4 members (excludes halogenated alkanes) is 2. The van der Waals surface area contributed by atoms with Crippen LogP contribution in [0.2, 0.25) is 0 Å². The Balaban J connectivity index is 1.74. The Hall–Kier alpha value is -2.90. The number of amides is 1. The third kappa shape index (κ3) is 6.30. The molecule has 0 atom stereocenters. The van der Waals surface area contributed by atoms with Crippen molar-refractivity contribution >= 4 is 17.7 Å². The number of thioether (sulfide) groups is 1. The number of hydrogen-bond donors (Lipinski definition) is 2. The molecule has 0 radical (unpaired) electrons. The fourth-order valence-electron chi connectivity index (χ4n) is 2.94. The molecule has 3 rings (SSSR count). The highest BCUT2D eigenvalue weighted by atomic mass is 32.2. The summed E-state index contributed by atoms with van der Waals surface area (Å²) in [7, 11) is 1.65. The van der Waals surface area contributed by atoms with Gasteiger partial charge in [-0.1, -0.05) is 48.5 Å². The molecule has 0 saturated heterocycles. The van der Waals surface area contributed by atoms with Gasteiger partial charge in [0.2, 0.25) is 5.91 Å². The molecule has 0 fully saturated rings. The first-order valence-corrected chi connectivity index (χ1v) is 10.8. The minimum absolute atomic E-state index is 0.336. The van der Waals surface area contributed by atoms with E-state index in [9.17, 15) is 4.79 Å². The van der Waals surface area contributed by atoms with E-state index in [1.807, 2.05) is 60.7 Å². The number of carbonyl (C=O) groups is 1. The first kappa shape index (κ1) is 21.8. The van der Waals surface area contributed by atoms with Gasteiger partial charge >= 0.3 is 0 Å². The maximum absolute atomic E-state index is 11.1. The third-order valence-corrected chi connectivity index (χ3v) is 5.50. The van der Waals surface area contributed by atoms with Crippen molar-refractivity contribution in [3.8, 4) is 28.3 Å². The monoisotopic (exact) mass is 423 g/mol. The van der Waals surface area contributed by atoms with Crippen LogP contribution >= 0.6 is 11.8 Å². The van der Waals surface area contributed by atoms with Gasteiger partial charge in [-0.25, -0.2) is 15.4 Å². The number of ether oxygens (including phenoxy) is 1. The van der Waals surface area contributed by atoms with Crippen LogP contribution in [0.1, 0.15) is 25.7 Å². The van der Waals surface area contributed by atoms with Crippen molar-refractivity contribution in [2.75, 3.05) is 12.9 Å². The maximum Gasteiger partial charge on any atom is 0.243 e. The van der Waals surface area contributed by atoms with E-state index >= 15 is 0 Å². The van der Waals surface area contributed by atoms with Crippen molar-refractivity contribution in [2.45, 2.75) is 30.8 Å².